The molecule has 0 aliphatic heterocycles. The normalized spacial score (nSPS) is 11.2. The molecule has 0 radical (unpaired) electrons. The van der Waals surface area contributed by atoms with Gasteiger partial charge in [0.15, 0.2) is 0 Å². The van der Waals surface area contributed by atoms with E-state index in [4.69, 9.17) is 9.15 Å². The Morgan fingerprint density at radius 3 is 2.53 bits per heavy atom. The first-order valence-corrected chi connectivity index (χ1v) is 9.61. The summed E-state index contributed by atoms with van der Waals surface area (Å²) in [5.74, 6) is 0.317. The van der Waals surface area contributed by atoms with E-state index in [-0.39, 0.29) is 5.75 Å². The van der Waals surface area contributed by atoms with Crippen molar-refractivity contribution in [2.45, 2.75) is 6.54 Å². The van der Waals surface area contributed by atoms with E-state index in [1.807, 2.05) is 48.5 Å². The van der Waals surface area contributed by atoms with Gasteiger partial charge < -0.3 is 18.8 Å². The molecule has 2 aromatic heterocycles. The summed E-state index contributed by atoms with van der Waals surface area (Å²) in [6.07, 6.45) is 1.60. The summed E-state index contributed by atoms with van der Waals surface area (Å²) in [7, 11) is 1.36. The van der Waals surface area contributed by atoms with Crippen LogP contribution < -0.4 is 0 Å². The van der Waals surface area contributed by atoms with Crippen LogP contribution in [0.1, 0.15) is 15.9 Å². The molecule has 0 aliphatic rings. The van der Waals surface area contributed by atoms with E-state index >= 15 is 0 Å². The van der Waals surface area contributed by atoms with Crippen molar-refractivity contribution < 1.29 is 19.1 Å². The van der Waals surface area contributed by atoms with Gasteiger partial charge in [0.2, 0.25) is 0 Å². The van der Waals surface area contributed by atoms with Crippen LogP contribution in [0, 0.1) is 0 Å². The fourth-order valence-electron chi connectivity index (χ4n) is 4.04. The number of hydrogen-bond donors (Lipinski definition) is 1. The minimum atomic E-state index is -0.436. The summed E-state index contributed by atoms with van der Waals surface area (Å²) in [6.45, 7) is 0.590. The van der Waals surface area contributed by atoms with Crippen LogP contribution in [0.2, 0.25) is 0 Å². The second-order valence-corrected chi connectivity index (χ2v) is 7.13. The van der Waals surface area contributed by atoms with E-state index in [0.29, 0.717) is 28.6 Å². The summed E-state index contributed by atoms with van der Waals surface area (Å²) in [4.78, 5) is 12.5. The predicted octanol–water partition coefficient (Wildman–Crippen LogP) is 5.60. The quantitative estimate of drug-likeness (QED) is 0.401. The van der Waals surface area contributed by atoms with Crippen LogP contribution in [0.4, 0.5) is 0 Å². The third-order valence-corrected chi connectivity index (χ3v) is 5.37. The Morgan fingerprint density at radius 1 is 0.967 bits per heavy atom. The molecule has 148 valence electrons. The zero-order valence-corrected chi connectivity index (χ0v) is 16.3. The molecule has 5 aromatic rings. The molecule has 3 aromatic carbocycles. The van der Waals surface area contributed by atoms with Crippen LogP contribution >= 0.6 is 0 Å². The molecule has 0 aliphatic carbocycles. The Kier molecular flexibility index (Phi) is 4.29. The number of phenols is 1. The second-order valence-electron chi connectivity index (χ2n) is 7.13. The number of ether oxygens (including phenoxy) is 1. The van der Waals surface area contributed by atoms with Crippen LogP contribution in [-0.2, 0) is 11.3 Å². The lowest BCUT2D eigenvalue weighted by atomic mass is 10.0. The molecule has 5 nitrogen and oxygen atoms in total. The lowest BCUT2D eigenvalue weighted by Gasteiger charge is -2.09. The van der Waals surface area contributed by atoms with E-state index in [9.17, 15) is 9.90 Å². The number of phenolic OH excluding ortho intramolecular Hbond substituents is 1. The number of fused-ring (bicyclic) bond motifs is 3. The van der Waals surface area contributed by atoms with Gasteiger partial charge in [-0.15, -0.1) is 0 Å². The van der Waals surface area contributed by atoms with Gasteiger partial charge in [0.1, 0.15) is 11.5 Å². The number of aromatic hydroxyl groups is 1. The highest BCUT2D eigenvalue weighted by Gasteiger charge is 2.22. The van der Waals surface area contributed by atoms with Gasteiger partial charge in [-0.2, -0.15) is 0 Å². The number of benzene rings is 3. The molecule has 0 fully saturated rings. The van der Waals surface area contributed by atoms with Crippen molar-refractivity contribution in [3.05, 3.63) is 90.2 Å². The first-order chi connectivity index (χ1) is 14.7. The second kappa shape index (κ2) is 7.12. The smallest absolute Gasteiger partial charge is 0.338 e. The van der Waals surface area contributed by atoms with Gasteiger partial charge in [0.25, 0.3) is 0 Å². The van der Waals surface area contributed by atoms with Gasteiger partial charge in [-0.25, -0.2) is 4.79 Å². The SMILES string of the molecule is COC(=O)c1cccc2c1c1c(O)cc(-c3ccco3)cc1n2Cc1ccccc1. The molecule has 2 heterocycles. The molecule has 0 saturated heterocycles. The van der Waals surface area contributed by atoms with Crippen LogP contribution in [0.25, 0.3) is 33.1 Å². The topological polar surface area (TPSA) is 64.6 Å². The van der Waals surface area contributed by atoms with Crippen LogP contribution in [0.3, 0.4) is 0 Å². The average molecular weight is 397 g/mol. The highest BCUT2D eigenvalue weighted by Crippen LogP contribution is 2.40. The van der Waals surface area contributed by atoms with Crippen LogP contribution in [0.15, 0.2) is 83.5 Å². The van der Waals surface area contributed by atoms with E-state index in [0.717, 1.165) is 22.2 Å². The Hall–Kier alpha value is -3.99. The molecule has 0 saturated carbocycles. The van der Waals surface area contributed by atoms with Gasteiger partial charge in [-0.1, -0.05) is 36.4 Å². The third kappa shape index (κ3) is 2.83. The summed E-state index contributed by atoms with van der Waals surface area (Å²) in [6, 6.07) is 22.9. The van der Waals surface area contributed by atoms with Crippen molar-refractivity contribution in [3.8, 4) is 17.1 Å². The number of furan rings is 1. The number of rotatable bonds is 4. The van der Waals surface area contributed by atoms with Crippen molar-refractivity contribution in [1.82, 2.24) is 4.57 Å². The molecule has 5 heteroatoms. The minimum absolute atomic E-state index is 0.0899. The first-order valence-electron chi connectivity index (χ1n) is 9.61. The van der Waals surface area contributed by atoms with Crippen LogP contribution in [-0.4, -0.2) is 22.8 Å². The van der Waals surface area contributed by atoms with Crippen molar-refractivity contribution in [1.29, 1.82) is 0 Å². The molecule has 0 unspecified atom stereocenters. The number of methoxy groups -OCH3 is 1. The summed E-state index contributed by atoms with van der Waals surface area (Å²) in [5.41, 5.74) is 3.97. The van der Waals surface area contributed by atoms with E-state index in [1.54, 1.807) is 18.4 Å². The average Bonchev–Trinajstić information content (AvgIpc) is 3.41. The number of nitrogens with zero attached hydrogens (tertiary/aromatic N) is 1. The maximum atomic E-state index is 12.5. The van der Waals surface area contributed by atoms with Crippen molar-refractivity contribution in [2.75, 3.05) is 7.11 Å². The molecular formula is C25H19NO4. The largest absolute Gasteiger partial charge is 0.507 e. The highest BCUT2D eigenvalue weighted by molar-refractivity contribution is 6.19. The third-order valence-electron chi connectivity index (χ3n) is 5.37. The molecule has 5 rings (SSSR count). The van der Waals surface area contributed by atoms with Gasteiger partial charge >= 0.3 is 5.97 Å². The van der Waals surface area contributed by atoms with E-state index < -0.39 is 5.97 Å². The van der Waals surface area contributed by atoms with Gasteiger partial charge in [-0.3, -0.25) is 0 Å². The summed E-state index contributed by atoms with van der Waals surface area (Å²) >= 11 is 0. The molecule has 0 bridgehead atoms. The number of hydrogen-bond acceptors (Lipinski definition) is 4. The highest BCUT2D eigenvalue weighted by atomic mass is 16.5. The van der Waals surface area contributed by atoms with Gasteiger partial charge in [-0.05, 0) is 42.0 Å². The van der Waals surface area contributed by atoms with Crippen LogP contribution in [0.5, 0.6) is 5.75 Å². The maximum Gasteiger partial charge on any atom is 0.338 e. The lowest BCUT2D eigenvalue weighted by Crippen LogP contribution is -2.02. The zero-order valence-electron chi connectivity index (χ0n) is 16.3. The van der Waals surface area contributed by atoms with Crippen molar-refractivity contribution >= 4 is 27.8 Å². The minimum Gasteiger partial charge on any atom is -0.507 e. The molecule has 0 spiro atoms. The van der Waals surface area contributed by atoms with E-state index in [1.165, 1.54) is 7.11 Å². The number of aromatic nitrogens is 1. The van der Waals surface area contributed by atoms with Gasteiger partial charge in [0.05, 0.1) is 35.4 Å². The fraction of sp³-hybridized carbons (Fsp3) is 0.0800. The Bertz CT molecular complexity index is 1370. The summed E-state index contributed by atoms with van der Waals surface area (Å²) < 4.78 is 12.6. The standard InChI is InChI=1S/C25H19NO4/c1-29-25(28)18-9-5-10-19-23(18)24-20(26(19)15-16-7-3-2-4-8-16)13-17(14-21(24)27)22-11-6-12-30-22/h2-14,27H,15H2,1H3. The first kappa shape index (κ1) is 18.1. The van der Waals surface area contributed by atoms with Crippen molar-refractivity contribution in [3.63, 3.8) is 0 Å². The Morgan fingerprint density at radius 2 is 1.80 bits per heavy atom. The summed E-state index contributed by atoms with van der Waals surface area (Å²) in [5, 5.41) is 12.3. The molecular weight excluding hydrogens is 378 g/mol. The van der Waals surface area contributed by atoms with Crippen molar-refractivity contribution in [2.24, 2.45) is 0 Å². The molecule has 30 heavy (non-hydrogen) atoms. The molecule has 1 N–H and O–H groups in total. The number of carbonyl (C=O) groups is 1. The molecule has 0 amide bonds. The zero-order chi connectivity index (χ0) is 20.7. The lowest BCUT2D eigenvalue weighted by molar-refractivity contribution is 0.0603. The maximum absolute atomic E-state index is 12.5. The molecule has 0 atom stereocenters. The number of carbonyl (C=O) groups excluding carboxylic acids is 1. The van der Waals surface area contributed by atoms with E-state index in [2.05, 4.69) is 16.7 Å². The predicted molar refractivity (Wildman–Crippen MR) is 116 cm³/mol. The monoisotopic (exact) mass is 397 g/mol. The Balaban J connectivity index is 1.87. The fourth-order valence-corrected chi connectivity index (χ4v) is 4.04. The number of esters is 1. The van der Waals surface area contributed by atoms with Gasteiger partial charge in [0, 0.05) is 17.5 Å². The Labute approximate surface area is 172 Å².